The van der Waals surface area contributed by atoms with Crippen molar-refractivity contribution in [2.45, 2.75) is 13.8 Å². The van der Waals surface area contributed by atoms with Crippen molar-refractivity contribution in [1.82, 2.24) is 5.43 Å². The van der Waals surface area contributed by atoms with E-state index in [1.165, 1.54) is 0 Å². The molecule has 3 aromatic rings. The molecule has 4 nitrogen and oxygen atoms in total. The Bertz CT molecular complexity index is 1030. The van der Waals surface area contributed by atoms with E-state index in [-0.39, 0.29) is 0 Å². The van der Waals surface area contributed by atoms with Crippen LogP contribution in [0.3, 0.4) is 0 Å². The van der Waals surface area contributed by atoms with E-state index in [0.29, 0.717) is 10.1 Å². The summed E-state index contributed by atoms with van der Waals surface area (Å²) < 4.78 is 5.27. The quantitative estimate of drug-likeness (QED) is 0.345. The first kappa shape index (κ1) is 19.1. The number of hydrazone groups is 1. The molecule has 2 N–H and O–H groups in total. The monoisotopic (exact) mass is 397 g/mol. The Morgan fingerprint density at radius 3 is 2.59 bits per heavy atom. The molecular formula is C21H20ClN3OS. The Labute approximate surface area is 169 Å². The SMILES string of the molecule is COc1ccc2cc(C(C)=NNC(=S)Nc3cccc(Cl)c3C)ccc2c1. The van der Waals surface area contributed by atoms with Crippen LogP contribution in [-0.4, -0.2) is 17.9 Å². The van der Waals surface area contributed by atoms with Crippen LogP contribution in [0.2, 0.25) is 5.02 Å². The van der Waals surface area contributed by atoms with Gasteiger partial charge in [-0.05, 0) is 78.3 Å². The van der Waals surface area contributed by atoms with Gasteiger partial charge in [-0.3, -0.25) is 5.43 Å². The van der Waals surface area contributed by atoms with Gasteiger partial charge >= 0.3 is 0 Å². The maximum atomic E-state index is 6.13. The Kier molecular flexibility index (Phi) is 5.94. The van der Waals surface area contributed by atoms with E-state index in [2.05, 4.69) is 28.0 Å². The Morgan fingerprint density at radius 1 is 1.07 bits per heavy atom. The second kappa shape index (κ2) is 8.37. The van der Waals surface area contributed by atoms with Crippen LogP contribution in [-0.2, 0) is 0 Å². The molecule has 0 aliphatic rings. The first-order chi connectivity index (χ1) is 13.0. The maximum Gasteiger partial charge on any atom is 0.191 e. The highest BCUT2D eigenvalue weighted by atomic mass is 35.5. The van der Waals surface area contributed by atoms with Gasteiger partial charge in [0.15, 0.2) is 5.11 Å². The summed E-state index contributed by atoms with van der Waals surface area (Å²) in [5.74, 6) is 0.843. The van der Waals surface area contributed by atoms with Crippen LogP contribution >= 0.6 is 23.8 Å². The molecule has 6 heteroatoms. The number of rotatable bonds is 4. The summed E-state index contributed by atoms with van der Waals surface area (Å²) in [5.41, 5.74) is 6.53. The molecule has 0 amide bonds. The summed E-state index contributed by atoms with van der Waals surface area (Å²) in [6.07, 6.45) is 0. The molecule has 27 heavy (non-hydrogen) atoms. The zero-order chi connectivity index (χ0) is 19.4. The van der Waals surface area contributed by atoms with Gasteiger partial charge in [0.2, 0.25) is 0 Å². The normalized spacial score (nSPS) is 11.3. The van der Waals surface area contributed by atoms with Gasteiger partial charge in [0.05, 0.1) is 12.8 Å². The van der Waals surface area contributed by atoms with Crippen molar-refractivity contribution in [3.63, 3.8) is 0 Å². The van der Waals surface area contributed by atoms with Crippen molar-refractivity contribution in [2.24, 2.45) is 5.10 Å². The van der Waals surface area contributed by atoms with Crippen LogP contribution in [0.25, 0.3) is 10.8 Å². The van der Waals surface area contributed by atoms with E-state index in [4.69, 9.17) is 28.6 Å². The van der Waals surface area contributed by atoms with Crippen molar-refractivity contribution < 1.29 is 4.74 Å². The molecule has 3 rings (SSSR count). The number of hydrogen-bond acceptors (Lipinski definition) is 3. The van der Waals surface area contributed by atoms with Crippen molar-refractivity contribution in [2.75, 3.05) is 12.4 Å². The topological polar surface area (TPSA) is 45.6 Å². The molecule has 138 valence electrons. The third kappa shape index (κ3) is 4.56. The highest BCUT2D eigenvalue weighted by Crippen LogP contribution is 2.23. The van der Waals surface area contributed by atoms with Gasteiger partial charge in [0.25, 0.3) is 0 Å². The second-order valence-electron chi connectivity index (χ2n) is 6.10. The number of benzene rings is 3. The lowest BCUT2D eigenvalue weighted by Crippen LogP contribution is -2.25. The van der Waals surface area contributed by atoms with Gasteiger partial charge in [-0.1, -0.05) is 35.9 Å². The molecule has 0 aromatic heterocycles. The number of nitrogens with zero attached hydrogens (tertiary/aromatic N) is 1. The van der Waals surface area contributed by atoms with Gasteiger partial charge in [-0.2, -0.15) is 5.10 Å². The predicted octanol–water partition coefficient (Wildman–Crippen LogP) is 5.52. The van der Waals surface area contributed by atoms with E-state index in [1.54, 1.807) is 7.11 Å². The number of halogens is 1. The Balaban J connectivity index is 1.72. The van der Waals surface area contributed by atoms with E-state index >= 15 is 0 Å². The molecule has 0 saturated heterocycles. The van der Waals surface area contributed by atoms with Crippen molar-refractivity contribution in [1.29, 1.82) is 0 Å². The maximum absolute atomic E-state index is 6.13. The minimum Gasteiger partial charge on any atom is -0.497 e. The number of ether oxygens (including phenoxy) is 1. The first-order valence-electron chi connectivity index (χ1n) is 8.42. The van der Waals surface area contributed by atoms with E-state index in [0.717, 1.165) is 39.0 Å². The Hall–Kier alpha value is -2.63. The molecule has 0 aliphatic carbocycles. The number of anilines is 1. The zero-order valence-corrected chi connectivity index (χ0v) is 16.9. The summed E-state index contributed by atoms with van der Waals surface area (Å²) in [7, 11) is 1.67. The number of hydrogen-bond donors (Lipinski definition) is 2. The molecule has 0 bridgehead atoms. The predicted molar refractivity (Wildman–Crippen MR) is 118 cm³/mol. The summed E-state index contributed by atoms with van der Waals surface area (Å²) in [4.78, 5) is 0. The van der Waals surface area contributed by atoms with E-state index in [1.807, 2.05) is 56.3 Å². The van der Waals surface area contributed by atoms with E-state index < -0.39 is 0 Å². The zero-order valence-electron chi connectivity index (χ0n) is 15.3. The standard InChI is InChI=1S/C21H20ClN3OS/c1-13-19(22)5-4-6-20(13)23-21(27)25-24-14(2)15-7-8-17-12-18(26-3)10-9-16(17)11-15/h4-12H,1-3H3,(H2,23,25,27). The van der Waals surface area contributed by atoms with Crippen LogP contribution < -0.4 is 15.5 Å². The molecule has 0 radical (unpaired) electrons. The van der Waals surface area contributed by atoms with Gasteiger partial charge < -0.3 is 10.1 Å². The van der Waals surface area contributed by atoms with Crippen LogP contribution in [0.1, 0.15) is 18.1 Å². The van der Waals surface area contributed by atoms with Crippen LogP contribution in [0.5, 0.6) is 5.75 Å². The largest absolute Gasteiger partial charge is 0.497 e. The minimum absolute atomic E-state index is 0.408. The molecular weight excluding hydrogens is 378 g/mol. The van der Waals surface area contributed by atoms with E-state index in [9.17, 15) is 0 Å². The average Bonchev–Trinajstić information content (AvgIpc) is 2.68. The molecule has 0 heterocycles. The van der Waals surface area contributed by atoms with Crippen molar-refractivity contribution in [3.8, 4) is 5.75 Å². The molecule has 0 atom stereocenters. The minimum atomic E-state index is 0.408. The van der Waals surface area contributed by atoms with Gasteiger partial charge in [0, 0.05) is 10.7 Å². The summed E-state index contributed by atoms with van der Waals surface area (Å²) in [5, 5.41) is 10.8. The summed E-state index contributed by atoms with van der Waals surface area (Å²) >= 11 is 11.5. The molecule has 0 aliphatic heterocycles. The summed E-state index contributed by atoms with van der Waals surface area (Å²) in [6, 6.07) is 17.8. The fraction of sp³-hybridized carbons (Fsp3) is 0.143. The van der Waals surface area contributed by atoms with Gasteiger partial charge in [-0.15, -0.1) is 0 Å². The molecule has 0 spiro atoms. The number of fused-ring (bicyclic) bond motifs is 1. The number of methoxy groups -OCH3 is 1. The smallest absolute Gasteiger partial charge is 0.191 e. The van der Waals surface area contributed by atoms with Crippen LogP contribution in [0.15, 0.2) is 59.7 Å². The average molecular weight is 398 g/mol. The Morgan fingerprint density at radius 2 is 1.81 bits per heavy atom. The fourth-order valence-corrected chi connectivity index (χ4v) is 3.00. The van der Waals surface area contributed by atoms with Crippen molar-refractivity contribution in [3.05, 3.63) is 70.7 Å². The molecule has 0 fully saturated rings. The van der Waals surface area contributed by atoms with Crippen molar-refractivity contribution >= 4 is 51.1 Å². The molecule has 0 unspecified atom stereocenters. The van der Waals surface area contributed by atoms with Crippen LogP contribution in [0.4, 0.5) is 5.69 Å². The second-order valence-corrected chi connectivity index (χ2v) is 6.92. The van der Waals surface area contributed by atoms with Gasteiger partial charge in [0.1, 0.15) is 5.75 Å². The first-order valence-corrected chi connectivity index (χ1v) is 9.21. The lowest BCUT2D eigenvalue weighted by atomic mass is 10.0. The fourth-order valence-electron chi connectivity index (χ4n) is 2.67. The number of thiocarbonyl (C=S) groups is 1. The van der Waals surface area contributed by atoms with Crippen LogP contribution in [0, 0.1) is 6.92 Å². The highest BCUT2D eigenvalue weighted by Gasteiger charge is 2.05. The molecule has 0 saturated carbocycles. The lowest BCUT2D eigenvalue weighted by molar-refractivity contribution is 0.415. The summed E-state index contributed by atoms with van der Waals surface area (Å²) in [6.45, 7) is 3.87. The number of nitrogens with one attached hydrogen (secondary N) is 2. The third-order valence-electron chi connectivity index (χ3n) is 4.31. The lowest BCUT2D eigenvalue weighted by Gasteiger charge is -2.11. The highest BCUT2D eigenvalue weighted by molar-refractivity contribution is 7.80. The van der Waals surface area contributed by atoms with Gasteiger partial charge in [-0.25, -0.2) is 0 Å². The molecule has 3 aromatic carbocycles. The third-order valence-corrected chi connectivity index (χ3v) is 4.91.